The summed E-state index contributed by atoms with van der Waals surface area (Å²) in [6, 6.07) is 85.8. The lowest BCUT2D eigenvalue weighted by Gasteiger charge is -2.20. The van der Waals surface area contributed by atoms with E-state index in [1.165, 1.54) is 131 Å². The Hall–Kier alpha value is -8.06. The van der Waals surface area contributed by atoms with Gasteiger partial charge in [0.05, 0.1) is 0 Å². The van der Waals surface area contributed by atoms with E-state index >= 15 is 0 Å². The summed E-state index contributed by atoms with van der Waals surface area (Å²) in [5.74, 6) is 0. The van der Waals surface area contributed by atoms with Gasteiger partial charge in [0, 0.05) is 0 Å². The first-order valence-corrected chi connectivity index (χ1v) is 21.6. The van der Waals surface area contributed by atoms with Crippen LogP contribution in [0.4, 0.5) is 0 Å². The summed E-state index contributed by atoms with van der Waals surface area (Å²) in [5, 5.41) is 17.9. The molecule has 0 saturated carbocycles. The molecule has 0 unspecified atom stereocenters. The summed E-state index contributed by atoms with van der Waals surface area (Å²) in [7, 11) is 0. The maximum Gasteiger partial charge on any atom is -0.00206 e. The minimum Gasteiger partial charge on any atom is -0.0622 e. The van der Waals surface area contributed by atoms with Crippen LogP contribution >= 0.6 is 0 Å². The van der Waals surface area contributed by atoms with Crippen molar-refractivity contribution in [3.8, 4) is 55.6 Å². The van der Waals surface area contributed by atoms with Crippen LogP contribution in [0.25, 0.3) is 131 Å². The van der Waals surface area contributed by atoms with Gasteiger partial charge in [0.15, 0.2) is 0 Å². The molecule has 0 heteroatoms. The molecule has 0 amide bonds. The van der Waals surface area contributed by atoms with Gasteiger partial charge < -0.3 is 0 Å². The fraction of sp³-hybridized carbons (Fsp3) is 0. The monoisotopic (exact) mass is 782 g/mol. The first-order valence-electron chi connectivity index (χ1n) is 21.6. The van der Waals surface area contributed by atoms with Gasteiger partial charge in [-0.1, -0.05) is 206 Å². The molecule has 13 rings (SSSR count). The van der Waals surface area contributed by atoms with Crippen molar-refractivity contribution in [3.05, 3.63) is 231 Å². The molecule has 0 aliphatic heterocycles. The SMILES string of the molecule is c1ccc(-c2c3ccccc3c(-c3cc(-c4ccc(-c5ccc6ccc7cccc8ccc5c6c78)cc4)cc(-c4cc5ccccc5c5ccccc45)c3)c3ccccc23)cc1. The van der Waals surface area contributed by atoms with Gasteiger partial charge in [-0.3, -0.25) is 0 Å². The zero-order valence-electron chi connectivity index (χ0n) is 33.9. The Bertz CT molecular complexity index is 3820. The summed E-state index contributed by atoms with van der Waals surface area (Å²) in [4.78, 5) is 0. The molecular weight excluding hydrogens is 745 g/mol. The topological polar surface area (TPSA) is 0 Å². The van der Waals surface area contributed by atoms with Crippen molar-refractivity contribution in [1.82, 2.24) is 0 Å². The highest BCUT2D eigenvalue weighted by Crippen LogP contribution is 2.47. The van der Waals surface area contributed by atoms with Crippen molar-refractivity contribution in [2.75, 3.05) is 0 Å². The van der Waals surface area contributed by atoms with E-state index < -0.39 is 0 Å². The van der Waals surface area contributed by atoms with Crippen molar-refractivity contribution < 1.29 is 0 Å². The molecule has 0 heterocycles. The second kappa shape index (κ2) is 13.7. The van der Waals surface area contributed by atoms with Crippen LogP contribution in [0.15, 0.2) is 231 Å². The first-order chi connectivity index (χ1) is 30.7. The first kappa shape index (κ1) is 34.8. The van der Waals surface area contributed by atoms with Gasteiger partial charge in [-0.15, -0.1) is 0 Å². The van der Waals surface area contributed by atoms with Gasteiger partial charge in [0.1, 0.15) is 0 Å². The van der Waals surface area contributed by atoms with Gasteiger partial charge in [0.2, 0.25) is 0 Å². The van der Waals surface area contributed by atoms with E-state index in [1.54, 1.807) is 0 Å². The van der Waals surface area contributed by atoms with E-state index in [1.807, 2.05) is 0 Å². The van der Waals surface area contributed by atoms with E-state index in [0.29, 0.717) is 0 Å². The zero-order chi connectivity index (χ0) is 40.7. The van der Waals surface area contributed by atoms with Gasteiger partial charge in [-0.25, -0.2) is 0 Å². The number of benzene rings is 13. The van der Waals surface area contributed by atoms with Crippen LogP contribution in [0, 0.1) is 0 Å². The Balaban J connectivity index is 1.06. The highest BCUT2D eigenvalue weighted by Gasteiger charge is 2.19. The molecule has 13 aromatic carbocycles. The molecule has 62 heavy (non-hydrogen) atoms. The number of rotatable bonds is 5. The molecule has 0 saturated heterocycles. The maximum atomic E-state index is 2.44. The summed E-state index contributed by atoms with van der Waals surface area (Å²) in [5.41, 5.74) is 12.3. The molecule has 0 bridgehead atoms. The largest absolute Gasteiger partial charge is 0.0622 e. The highest BCUT2D eigenvalue weighted by molar-refractivity contribution is 6.26. The summed E-state index contributed by atoms with van der Waals surface area (Å²) in [6.45, 7) is 0. The zero-order valence-corrected chi connectivity index (χ0v) is 33.9. The minimum absolute atomic E-state index is 1.19. The van der Waals surface area contributed by atoms with Crippen LogP contribution in [0.1, 0.15) is 0 Å². The summed E-state index contributed by atoms with van der Waals surface area (Å²) >= 11 is 0. The standard InChI is InChI=1S/C62H38/c1-2-13-41(14-3-1)60-53-21-8-10-23-55(53)61(56-24-11-9-22-54(56)60)48-36-46(35-47(37-48)58-38-45-15-4-5-18-49(45)51-19-6-7-20-52(51)58)39-25-27-40(28-26-39)50-33-31-44-30-29-42-16-12-17-43-32-34-57(50)62(44)59(42)43/h1-38H. The second-order valence-corrected chi connectivity index (χ2v) is 16.7. The van der Waals surface area contributed by atoms with Crippen molar-refractivity contribution in [2.24, 2.45) is 0 Å². The van der Waals surface area contributed by atoms with Crippen LogP contribution in [0.3, 0.4) is 0 Å². The van der Waals surface area contributed by atoms with Crippen LogP contribution in [0.5, 0.6) is 0 Å². The molecule has 0 atom stereocenters. The van der Waals surface area contributed by atoms with Crippen LogP contribution in [-0.4, -0.2) is 0 Å². The fourth-order valence-corrected chi connectivity index (χ4v) is 10.6. The molecular formula is C62H38. The van der Waals surface area contributed by atoms with Crippen molar-refractivity contribution in [1.29, 1.82) is 0 Å². The number of hydrogen-bond donors (Lipinski definition) is 0. The molecule has 0 aliphatic rings. The highest BCUT2D eigenvalue weighted by atomic mass is 14.2. The Morgan fingerprint density at radius 3 is 1.35 bits per heavy atom. The molecule has 13 aromatic rings. The lowest BCUT2D eigenvalue weighted by molar-refractivity contribution is 1.59. The van der Waals surface area contributed by atoms with E-state index in [-0.39, 0.29) is 0 Å². The number of fused-ring (bicyclic) bond motifs is 5. The molecule has 0 aromatic heterocycles. The van der Waals surface area contributed by atoms with Gasteiger partial charge in [-0.2, -0.15) is 0 Å². The predicted molar refractivity (Wildman–Crippen MR) is 267 cm³/mol. The average Bonchev–Trinajstić information content (AvgIpc) is 3.34. The summed E-state index contributed by atoms with van der Waals surface area (Å²) in [6.07, 6.45) is 0. The van der Waals surface area contributed by atoms with Crippen molar-refractivity contribution >= 4 is 75.4 Å². The van der Waals surface area contributed by atoms with E-state index in [4.69, 9.17) is 0 Å². The summed E-state index contributed by atoms with van der Waals surface area (Å²) < 4.78 is 0. The van der Waals surface area contributed by atoms with Crippen molar-refractivity contribution in [2.45, 2.75) is 0 Å². The molecule has 0 aliphatic carbocycles. The number of hydrogen-bond acceptors (Lipinski definition) is 0. The normalized spacial score (nSPS) is 11.9. The van der Waals surface area contributed by atoms with Crippen LogP contribution in [0.2, 0.25) is 0 Å². The lowest BCUT2D eigenvalue weighted by Crippen LogP contribution is -1.93. The third-order valence-electron chi connectivity index (χ3n) is 13.4. The molecule has 286 valence electrons. The molecule has 0 radical (unpaired) electrons. The van der Waals surface area contributed by atoms with Gasteiger partial charge in [0.25, 0.3) is 0 Å². The van der Waals surface area contributed by atoms with Gasteiger partial charge >= 0.3 is 0 Å². The smallest absolute Gasteiger partial charge is 0.00206 e. The Morgan fingerprint density at radius 2 is 0.661 bits per heavy atom. The van der Waals surface area contributed by atoms with E-state index in [2.05, 4.69) is 231 Å². The molecule has 0 N–H and O–H groups in total. The third kappa shape index (κ3) is 5.34. The molecule has 0 fully saturated rings. The Labute approximate surface area is 359 Å². The quantitative estimate of drug-likeness (QED) is 0.120. The van der Waals surface area contributed by atoms with Crippen molar-refractivity contribution in [3.63, 3.8) is 0 Å². The molecule has 0 nitrogen and oxygen atoms in total. The fourth-order valence-electron chi connectivity index (χ4n) is 10.6. The lowest BCUT2D eigenvalue weighted by atomic mass is 9.84. The Kier molecular flexibility index (Phi) is 7.71. The average molecular weight is 783 g/mol. The second-order valence-electron chi connectivity index (χ2n) is 16.7. The predicted octanol–water partition coefficient (Wildman–Crippen LogP) is 17.5. The van der Waals surface area contributed by atoms with Gasteiger partial charge in [-0.05, 0) is 155 Å². The van der Waals surface area contributed by atoms with E-state index in [0.717, 1.165) is 0 Å². The van der Waals surface area contributed by atoms with Crippen LogP contribution < -0.4 is 0 Å². The maximum absolute atomic E-state index is 2.44. The Morgan fingerprint density at radius 1 is 0.177 bits per heavy atom. The van der Waals surface area contributed by atoms with E-state index in [9.17, 15) is 0 Å². The molecule has 0 spiro atoms. The van der Waals surface area contributed by atoms with Crippen LogP contribution in [-0.2, 0) is 0 Å². The third-order valence-corrected chi connectivity index (χ3v) is 13.4. The minimum atomic E-state index is 1.19.